The number of nitrogen functional groups attached to an aromatic ring is 1. The van der Waals surface area contributed by atoms with Crippen molar-refractivity contribution in [1.29, 1.82) is 0 Å². The van der Waals surface area contributed by atoms with Gasteiger partial charge in [-0.3, -0.25) is 4.79 Å². The van der Waals surface area contributed by atoms with Crippen LogP contribution in [-0.4, -0.2) is 83.4 Å². The fourth-order valence-corrected chi connectivity index (χ4v) is 6.85. The maximum atomic E-state index is 12.0. The Labute approximate surface area is 219 Å². The standard InChI is InChI=1S/C23H29N6O3S.Tl/c1-4-19(30)28-10-7-15(8-11-28)9-12-29-22-20(21(24)25-14-26-22)27-23(29)33-16-5-6-17(31-2)18(13-16)32-3;/h6,13-15H,4,7-12H2,1-3H3,(H2,24,25,26);. The molecule has 0 bridgehead atoms. The van der Waals surface area contributed by atoms with Gasteiger partial charge in [-0.1, -0.05) is 6.92 Å². The number of nitrogens with zero attached hydrogens (tertiary/aromatic N) is 5. The quantitative estimate of drug-likeness (QED) is 0.364. The number of anilines is 1. The zero-order chi connectivity index (χ0) is 24.2. The summed E-state index contributed by atoms with van der Waals surface area (Å²) in [6, 6.07) is 4.05. The van der Waals surface area contributed by atoms with Crippen molar-refractivity contribution in [2.75, 3.05) is 33.0 Å². The van der Waals surface area contributed by atoms with E-state index in [-0.39, 0.29) is 5.91 Å². The van der Waals surface area contributed by atoms with Crippen molar-refractivity contribution >= 4 is 63.5 Å². The summed E-state index contributed by atoms with van der Waals surface area (Å²) < 4.78 is 14.4. The summed E-state index contributed by atoms with van der Waals surface area (Å²) in [6.45, 7) is 4.40. The van der Waals surface area contributed by atoms with Gasteiger partial charge in [-0.2, -0.15) is 0 Å². The third kappa shape index (κ3) is 5.27. The molecule has 11 heteroatoms. The van der Waals surface area contributed by atoms with Crippen LogP contribution in [0.5, 0.6) is 11.5 Å². The number of carbonyl (C=O) groups excluding carboxylic acids is 1. The minimum atomic E-state index is 0.250. The van der Waals surface area contributed by atoms with Crippen molar-refractivity contribution in [3.63, 3.8) is 0 Å². The second-order valence-corrected chi connectivity index (χ2v) is 11.7. The number of carbonyl (C=O) groups is 1. The molecular formula is C23H29N6O3STl. The number of likely N-dealkylation sites (tertiary alicyclic amines) is 1. The van der Waals surface area contributed by atoms with Crippen molar-refractivity contribution in [3.8, 4) is 11.5 Å². The van der Waals surface area contributed by atoms with Crippen LogP contribution in [0.2, 0.25) is 0 Å². The van der Waals surface area contributed by atoms with Gasteiger partial charge >= 0.3 is 202 Å². The monoisotopic (exact) mass is 674 g/mol. The van der Waals surface area contributed by atoms with Crippen LogP contribution in [0.3, 0.4) is 0 Å². The number of hydrogen-bond donors (Lipinski definition) is 1. The summed E-state index contributed by atoms with van der Waals surface area (Å²) in [7, 11) is 3.30. The number of ether oxygens (including phenoxy) is 2. The Kier molecular flexibility index (Phi) is 8.17. The second kappa shape index (κ2) is 11.1. The van der Waals surface area contributed by atoms with E-state index in [1.165, 1.54) is 9.45 Å². The van der Waals surface area contributed by atoms with Gasteiger partial charge in [-0.15, -0.1) is 0 Å². The van der Waals surface area contributed by atoms with E-state index in [9.17, 15) is 4.79 Å². The van der Waals surface area contributed by atoms with Crippen LogP contribution in [-0.2, 0) is 11.3 Å². The van der Waals surface area contributed by atoms with E-state index in [4.69, 9.17) is 20.2 Å². The van der Waals surface area contributed by atoms with Crippen LogP contribution in [0.1, 0.15) is 32.6 Å². The molecule has 2 N–H and O–H groups in total. The van der Waals surface area contributed by atoms with Gasteiger partial charge in [0, 0.05) is 6.42 Å². The Morgan fingerprint density at radius 1 is 1.21 bits per heavy atom. The Morgan fingerprint density at radius 2 is 1.91 bits per heavy atom. The summed E-state index contributed by atoms with van der Waals surface area (Å²) in [5.41, 5.74) is 7.53. The van der Waals surface area contributed by atoms with Gasteiger partial charge in [0.25, 0.3) is 0 Å². The van der Waals surface area contributed by atoms with E-state index in [1.807, 2.05) is 24.0 Å². The first-order valence-electron chi connectivity index (χ1n) is 11.4. The summed E-state index contributed by atoms with van der Waals surface area (Å²) in [5.74, 6) is 2.63. The Bertz CT molecular complexity index is 1180. The molecule has 0 aliphatic carbocycles. The van der Waals surface area contributed by atoms with Crippen LogP contribution in [0.4, 0.5) is 5.82 Å². The number of aromatic nitrogens is 4. The zero-order valence-corrected chi connectivity index (χ0v) is 25.1. The third-order valence-corrected chi connectivity index (χ3v) is 10.0. The van der Waals surface area contributed by atoms with Gasteiger partial charge < -0.3 is 0 Å². The first kappa shape index (κ1) is 25.0. The van der Waals surface area contributed by atoms with E-state index < -0.39 is 0 Å². The van der Waals surface area contributed by atoms with Crippen LogP contribution in [0, 0.1) is 5.92 Å². The van der Waals surface area contributed by atoms with Crippen LogP contribution in [0.25, 0.3) is 11.2 Å². The summed E-state index contributed by atoms with van der Waals surface area (Å²) in [4.78, 5) is 28.6. The van der Waals surface area contributed by atoms with E-state index in [1.54, 1.807) is 26.0 Å². The molecule has 3 heterocycles. The van der Waals surface area contributed by atoms with Crippen molar-refractivity contribution in [3.05, 3.63) is 18.5 Å². The summed E-state index contributed by atoms with van der Waals surface area (Å²) >= 11 is 2.22. The van der Waals surface area contributed by atoms with E-state index in [0.29, 0.717) is 55.2 Å². The number of benzene rings is 1. The number of nitrogens with two attached hydrogens (primary N) is 1. The topological polar surface area (TPSA) is 108 Å². The molecule has 4 rings (SSSR count). The Balaban J connectivity index is 1.58. The van der Waals surface area contributed by atoms with E-state index >= 15 is 0 Å². The van der Waals surface area contributed by atoms with Gasteiger partial charge in [0.1, 0.15) is 0 Å². The number of imidazole rings is 1. The average Bonchev–Trinajstić information content (AvgIpc) is 3.21. The normalized spacial score (nSPS) is 14.5. The molecule has 178 valence electrons. The van der Waals surface area contributed by atoms with Crippen LogP contribution < -0.4 is 18.3 Å². The van der Waals surface area contributed by atoms with Gasteiger partial charge in [-0.25, -0.2) is 0 Å². The van der Waals surface area contributed by atoms with Gasteiger partial charge in [-0.05, 0) is 0 Å². The Morgan fingerprint density at radius 3 is 2.59 bits per heavy atom. The fraction of sp³-hybridized carbons (Fsp3) is 0.478. The molecule has 0 atom stereocenters. The molecule has 1 aromatic carbocycles. The molecular weight excluding hydrogens is 645 g/mol. The average molecular weight is 674 g/mol. The molecule has 1 amide bonds. The first-order valence-corrected chi connectivity index (χ1v) is 14.4. The molecule has 2 aromatic heterocycles. The predicted molar refractivity (Wildman–Crippen MR) is 133 cm³/mol. The van der Waals surface area contributed by atoms with Gasteiger partial charge in [0.05, 0.1) is 0 Å². The molecule has 34 heavy (non-hydrogen) atoms. The molecule has 3 aromatic rings. The minimum absolute atomic E-state index is 0.250. The number of hydrogen-bond acceptors (Lipinski definition) is 8. The predicted octanol–water partition coefficient (Wildman–Crippen LogP) is 2.41. The maximum absolute atomic E-state index is 12.0. The van der Waals surface area contributed by atoms with Crippen molar-refractivity contribution in [2.24, 2.45) is 5.92 Å². The first-order chi connectivity index (χ1) is 16.4. The van der Waals surface area contributed by atoms with Crippen molar-refractivity contribution in [2.45, 2.75) is 49.2 Å². The number of fused-ring (bicyclic) bond motifs is 1. The summed E-state index contributed by atoms with van der Waals surface area (Å²) in [5, 5.41) is 0.843. The van der Waals surface area contributed by atoms with Gasteiger partial charge in [0.2, 0.25) is 0 Å². The molecule has 1 aliphatic heterocycles. The molecule has 0 radical (unpaired) electrons. The molecule has 0 saturated carbocycles. The molecule has 1 fully saturated rings. The number of rotatable bonds is 8. The van der Waals surface area contributed by atoms with Crippen molar-refractivity contribution < 1.29 is 14.3 Å². The zero-order valence-electron chi connectivity index (χ0n) is 19.8. The fourth-order valence-electron chi connectivity index (χ4n) is 4.28. The third-order valence-electron chi connectivity index (χ3n) is 6.27. The second-order valence-electron chi connectivity index (χ2n) is 8.29. The van der Waals surface area contributed by atoms with Crippen LogP contribution in [0.15, 0.2) is 28.5 Å². The number of amides is 1. The number of piperidine rings is 1. The molecule has 1 aliphatic rings. The molecule has 0 spiro atoms. The summed E-state index contributed by atoms with van der Waals surface area (Å²) in [6.07, 6.45) is 5.12. The number of methoxy groups -OCH3 is 2. The SMILES string of the molecule is CCC(=O)N1CCC(CCn2c(Sc3cc(OC)c(OC)c[c]3[Tl])nc3c(N)ncnc32)CC1. The van der Waals surface area contributed by atoms with Crippen LogP contribution >= 0.6 is 11.8 Å². The molecule has 0 unspecified atom stereocenters. The molecule has 1 saturated heterocycles. The van der Waals surface area contributed by atoms with E-state index in [2.05, 4.69) is 14.5 Å². The van der Waals surface area contributed by atoms with Gasteiger partial charge in [0.15, 0.2) is 0 Å². The number of aryl methyl sites for hydroxylation is 1. The van der Waals surface area contributed by atoms with E-state index in [0.717, 1.165) is 60.3 Å². The Hall–Kier alpha value is -2.09. The van der Waals surface area contributed by atoms with Crippen molar-refractivity contribution in [1.82, 2.24) is 24.4 Å². The molecule has 9 nitrogen and oxygen atoms in total.